The lowest BCUT2D eigenvalue weighted by Crippen LogP contribution is -2.12. The van der Waals surface area contributed by atoms with Crippen LogP contribution in [0.3, 0.4) is 0 Å². The van der Waals surface area contributed by atoms with Gasteiger partial charge in [-0.2, -0.15) is 5.26 Å². The average Bonchev–Trinajstić information content (AvgIpc) is 2.29. The fourth-order valence-electron chi connectivity index (χ4n) is 1.15. The number of amides is 1. The fraction of sp³-hybridized carbons (Fsp3) is 0.200. The highest BCUT2D eigenvalue weighted by atomic mass is 35.5. The molecule has 1 N–H and O–H groups in total. The maximum absolute atomic E-state index is 11.3. The first-order valence-electron chi connectivity index (χ1n) is 4.63. The van der Waals surface area contributed by atoms with Crippen LogP contribution in [0, 0.1) is 21.4 Å². The molecule has 0 radical (unpaired) electrons. The zero-order valence-electron chi connectivity index (χ0n) is 8.64. The third kappa shape index (κ3) is 3.43. The van der Waals surface area contributed by atoms with Crippen molar-refractivity contribution in [1.29, 1.82) is 5.26 Å². The van der Waals surface area contributed by atoms with E-state index in [1.54, 1.807) is 6.07 Å². The maximum Gasteiger partial charge on any atom is 0.270 e. The molecule has 0 bridgehead atoms. The minimum atomic E-state index is -0.606. The van der Waals surface area contributed by atoms with Crippen LogP contribution >= 0.6 is 11.6 Å². The molecule has 7 heteroatoms. The van der Waals surface area contributed by atoms with Gasteiger partial charge < -0.3 is 5.32 Å². The number of nitro groups is 1. The van der Waals surface area contributed by atoms with Gasteiger partial charge in [-0.1, -0.05) is 0 Å². The molecule has 0 unspecified atom stereocenters. The van der Waals surface area contributed by atoms with Crippen LogP contribution in [-0.4, -0.2) is 16.7 Å². The maximum atomic E-state index is 11.3. The normalized spacial score (nSPS) is 9.41. The Balaban J connectivity index is 2.98. The summed E-state index contributed by atoms with van der Waals surface area (Å²) >= 11 is 5.39. The smallest absolute Gasteiger partial charge is 0.270 e. The molecular formula is C10H8ClN3O3. The van der Waals surface area contributed by atoms with E-state index < -0.39 is 4.92 Å². The number of nitrogens with one attached hydrogen (secondary N) is 1. The summed E-state index contributed by atoms with van der Waals surface area (Å²) in [5.74, 6) is -0.175. The van der Waals surface area contributed by atoms with Gasteiger partial charge in [0.1, 0.15) is 6.07 Å². The molecular weight excluding hydrogens is 246 g/mol. The third-order valence-electron chi connectivity index (χ3n) is 1.93. The molecule has 1 rings (SSSR count). The number of rotatable bonds is 4. The molecule has 0 aliphatic rings. The highest BCUT2D eigenvalue weighted by Crippen LogP contribution is 2.21. The van der Waals surface area contributed by atoms with E-state index in [9.17, 15) is 14.9 Å². The monoisotopic (exact) mass is 253 g/mol. The van der Waals surface area contributed by atoms with E-state index in [1.807, 2.05) is 0 Å². The SMILES string of the molecule is N#Cc1cc([N+](=O)[O-])ccc1NC(=O)CCCl. The van der Waals surface area contributed by atoms with Gasteiger partial charge in [-0.05, 0) is 6.07 Å². The number of benzene rings is 1. The van der Waals surface area contributed by atoms with E-state index in [0.717, 1.165) is 6.07 Å². The number of non-ortho nitro benzene ring substituents is 1. The van der Waals surface area contributed by atoms with Crippen molar-refractivity contribution >= 4 is 28.9 Å². The Morgan fingerprint density at radius 2 is 2.29 bits per heavy atom. The highest BCUT2D eigenvalue weighted by molar-refractivity contribution is 6.19. The summed E-state index contributed by atoms with van der Waals surface area (Å²) in [5, 5.41) is 21.8. The van der Waals surface area contributed by atoms with Crippen LogP contribution in [0.4, 0.5) is 11.4 Å². The topological polar surface area (TPSA) is 96.0 Å². The lowest BCUT2D eigenvalue weighted by molar-refractivity contribution is -0.384. The number of nitrogens with zero attached hydrogens (tertiary/aromatic N) is 2. The summed E-state index contributed by atoms with van der Waals surface area (Å²) in [5.41, 5.74) is 0.0900. The molecule has 1 amide bonds. The Morgan fingerprint density at radius 1 is 1.59 bits per heavy atom. The van der Waals surface area contributed by atoms with Crippen molar-refractivity contribution in [2.75, 3.05) is 11.2 Å². The Hall–Kier alpha value is -2.13. The van der Waals surface area contributed by atoms with Crippen LogP contribution < -0.4 is 5.32 Å². The van der Waals surface area contributed by atoms with Crippen LogP contribution in [0.1, 0.15) is 12.0 Å². The van der Waals surface area contributed by atoms with Crippen LogP contribution in [0.5, 0.6) is 0 Å². The second-order valence-corrected chi connectivity index (χ2v) is 3.46. The molecule has 0 atom stereocenters. The lowest BCUT2D eigenvalue weighted by atomic mass is 10.1. The summed E-state index contributed by atoms with van der Waals surface area (Å²) in [7, 11) is 0. The number of hydrogen-bond acceptors (Lipinski definition) is 4. The van der Waals surface area contributed by atoms with Gasteiger partial charge >= 0.3 is 0 Å². The number of halogens is 1. The molecule has 1 aromatic carbocycles. The quantitative estimate of drug-likeness (QED) is 0.504. The molecule has 88 valence electrons. The molecule has 17 heavy (non-hydrogen) atoms. The highest BCUT2D eigenvalue weighted by Gasteiger charge is 2.12. The molecule has 0 saturated heterocycles. The predicted octanol–water partition coefficient (Wildman–Crippen LogP) is 2.03. The largest absolute Gasteiger partial charge is 0.325 e. The van der Waals surface area contributed by atoms with E-state index in [1.165, 1.54) is 12.1 Å². The molecule has 0 fully saturated rings. The number of hydrogen-bond donors (Lipinski definition) is 1. The van der Waals surface area contributed by atoms with Crippen molar-refractivity contribution in [3.63, 3.8) is 0 Å². The summed E-state index contributed by atoms with van der Waals surface area (Å²) in [4.78, 5) is 21.2. The minimum absolute atomic E-state index is 0.0436. The number of carbonyl (C=O) groups excluding carboxylic acids is 1. The summed E-state index contributed by atoms with van der Waals surface area (Å²) in [6.45, 7) is 0. The van der Waals surface area contributed by atoms with Crippen LogP contribution in [0.2, 0.25) is 0 Å². The van der Waals surface area contributed by atoms with Gasteiger partial charge in [0.2, 0.25) is 5.91 Å². The number of anilines is 1. The van der Waals surface area contributed by atoms with Crippen molar-refractivity contribution in [2.45, 2.75) is 6.42 Å². The zero-order valence-corrected chi connectivity index (χ0v) is 9.40. The van der Waals surface area contributed by atoms with Gasteiger partial charge in [0, 0.05) is 24.4 Å². The van der Waals surface area contributed by atoms with Gasteiger partial charge in [-0.3, -0.25) is 14.9 Å². The molecule has 6 nitrogen and oxygen atoms in total. The predicted molar refractivity (Wildman–Crippen MR) is 61.8 cm³/mol. The molecule has 0 saturated carbocycles. The Labute approximate surface area is 102 Å². The summed E-state index contributed by atoms with van der Waals surface area (Å²) in [6.07, 6.45) is 0.114. The van der Waals surface area contributed by atoms with Crippen molar-refractivity contribution in [3.05, 3.63) is 33.9 Å². The van der Waals surface area contributed by atoms with E-state index >= 15 is 0 Å². The molecule has 1 aromatic rings. The fourth-order valence-corrected chi connectivity index (χ4v) is 1.32. The second-order valence-electron chi connectivity index (χ2n) is 3.09. The van der Waals surface area contributed by atoms with Crippen molar-refractivity contribution in [3.8, 4) is 6.07 Å². The van der Waals surface area contributed by atoms with Gasteiger partial charge in [0.15, 0.2) is 0 Å². The van der Waals surface area contributed by atoms with Gasteiger partial charge in [0.05, 0.1) is 16.2 Å². The zero-order chi connectivity index (χ0) is 12.8. The van der Waals surface area contributed by atoms with Crippen LogP contribution in [0.15, 0.2) is 18.2 Å². The van der Waals surface area contributed by atoms with E-state index in [4.69, 9.17) is 16.9 Å². The molecule has 0 spiro atoms. The van der Waals surface area contributed by atoms with Crippen LogP contribution in [0.25, 0.3) is 0 Å². The number of carbonyl (C=O) groups is 1. The van der Waals surface area contributed by atoms with Gasteiger partial charge in [-0.15, -0.1) is 11.6 Å². The average molecular weight is 254 g/mol. The van der Waals surface area contributed by atoms with E-state index in [0.29, 0.717) is 0 Å². The Morgan fingerprint density at radius 3 is 2.82 bits per heavy atom. The first-order valence-corrected chi connectivity index (χ1v) is 5.16. The first-order chi connectivity index (χ1) is 8.08. The molecule has 0 aliphatic carbocycles. The van der Waals surface area contributed by atoms with Crippen molar-refractivity contribution < 1.29 is 9.72 Å². The Kier molecular flexibility index (Phi) is 4.43. The van der Waals surface area contributed by atoms with Gasteiger partial charge in [-0.25, -0.2) is 0 Å². The molecule has 0 aliphatic heterocycles. The second kappa shape index (κ2) is 5.82. The lowest BCUT2D eigenvalue weighted by Gasteiger charge is -2.05. The third-order valence-corrected chi connectivity index (χ3v) is 2.12. The van der Waals surface area contributed by atoms with E-state index in [2.05, 4.69) is 5.32 Å². The van der Waals surface area contributed by atoms with Crippen LogP contribution in [-0.2, 0) is 4.79 Å². The molecule has 0 heterocycles. The van der Waals surface area contributed by atoms with Crippen molar-refractivity contribution in [1.82, 2.24) is 0 Å². The summed E-state index contributed by atoms with van der Waals surface area (Å²) in [6, 6.07) is 5.44. The standard InChI is InChI=1S/C10H8ClN3O3/c11-4-3-10(15)13-9-2-1-8(14(16)17)5-7(9)6-12/h1-2,5H,3-4H2,(H,13,15). The van der Waals surface area contributed by atoms with Gasteiger partial charge in [0.25, 0.3) is 5.69 Å². The minimum Gasteiger partial charge on any atom is -0.325 e. The number of nitriles is 1. The van der Waals surface area contributed by atoms with Crippen molar-refractivity contribution in [2.24, 2.45) is 0 Å². The summed E-state index contributed by atoms with van der Waals surface area (Å²) < 4.78 is 0. The first kappa shape index (κ1) is 12.9. The Bertz CT molecular complexity index is 496. The van der Waals surface area contributed by atoms with E-state index in [-0.39, 0.29) is 35.1 Å². The number of nitro benzene ring substituents is 1. The molecule has 0 aromatic heterocycles. The number of alkyl halides is 1.